The van der Waals surface area contributed by atoms with Gasteiger partial charge in [-0.2, -0.15) is 0 Å². The van der Waals surface area contributed by atoms with Crippen molar-refractivity contribution in [3.05, 3.63) is 11.4 Å². The molecule has 2 fully saturated rings. The van der Waals surface area contributed by atoms with Crippen LogP contribution in [-0.4, -0.2) is 89.7 Å². The summed E-state index contributed by atoms with van der Waals surface area (Å²) in [5, 5.41) is 11.9. The van der Waals surface area contributed by atoms with Gasteiger partial charge in [-0.3, -0.25) is 9.69 Å². The van der Waals surface area contributed by atoms with Gasteiger partial charge in [0, 0.05) is 39.3 Å². The lowest BCUT2D eigenvalue weighted by atomic mass is 10.1. The zero-order valence-electron chi connectivity index (χ0n) is 15.4. The first-order valence-corrected chi connectivity index (χ1v) is 9.42. The molecule has 1 N–H and O–H groups in total. The Kier molecular flexibility index (Phi) is 6.39. The van der Waals surface area contributed by atoms with Crippen LogP contribution in [0, 0.1) is 6.92 Å². The third-order valence-electron chi connectivity index (χ3n) is 5.20. The van der Waals surface area contributed by atoms with E-state index in [0.29, 0.717) is 11.7 Å². The van der Waals surface area contributed by atoms with Crippen molar-refractivity contribution < 1.29 is 9.53 Å². The largest absolute Gasteiger partial charge is 0.380 e. The molecule has 0 bridgehead atoms. The molecule has 8 heteroatoms. The summed E-state index contributed by atoms with van der Waals surface area (Å²) in [5.41, 5.74) is 1.41. The summed E-state index contributed by atoms with van der Waals surface area (Å²) in [6.07, 6.45) is 2.08. The SMILES string of the molecule is CCOCCN1CCN(C(=O)c2nnn(C3CCNCC3)c2C)CC1. The summed E-state index contributed by atoms with van der Waals surface area (Å²) in [4.78, 5) is 17.1. The highest BCUT2D eigenvalue weighted by Gasteiger charge is 2.28. The zero-order valence-corrected chi connectivity index (χ0v) is 15.4. The summed E-state index contributed by atoms with van der Waals surface area (Å²) in [6.45, 7) is 11.7. The molecular formula is C17H30N6O2. The number of amides is 1. The molecule has 2 aliphatic heterocycles. The van der Waals surface area contributed by atoms with Crippen LogP contribution in [0.5, 0.6) is 0 Å². The average Bonchev–Trinajstić information content (AvgIpc) is 3.04. The lowest BCUT2D eigenvalue weighted by molar-refractivity contribution is 0.0559. The lowest BCUT2D eigenvalue weighted by Crippen LogP contribution is -2.49. The zero-order chi connectivity index (χ0) is 17.6. The lowest BCUT2D eigenvalue weighted by Gasteiger charge is -2.34. The molecule has 0 radical (unpaired) electrons. The molecule has 2 saturated heterocycles. The molecule has 25 heavy (non-hydrogen) atoms. The van der Waals surface area contributed by atoms with Gasteiger partial charge in [-0.1, -0.05) is 5.21 Å². The van der Waals surface area contributed by atoms with Crippen LogP contribution in [0.2, 0.25) is 0 Å². The number of piperazine rings is 1. The molecule has 8 nitrogen and oxygen atoms in total. The van der Waals surface area contributed by atoms with Crippen molar-refractivity contribution >= 4 is 5.91 Å². The summed E-state index contributed by atoms with van der Waals surface area (Å²) in [6, 6.07) is 0.353. The van der Waals surface area contributed by atoms with Gasteiger partial charge in [0.05, 0.1) is 18.3 Å². The molecule has 3 heterocycles. The van der Waals surface area contributed by atoms with Crippen LogP contribution in [0.1, 0.15) is 42.0 Å². The van der Waals surface area contributed by atoms with Crippen LogP contribution < -0.4 is 5.32 Å². The van der Waals surface area contributed by atoms with Crippen LogP contribution in [0.4, 0.5) is 0 Å². The number of nitrogens with one attached hydrogen (secondary N) is 1. The molecule has 1 aromatic rings. The van der Waals surface area contributed by atoms with E-state index in [1.54, 1.807) is 0 Å². The number of rotatable bonds is 6. The predicted octanol–water partition coefficient (Wildman–Crippen LogP) is 0.305. The molecule has 0 spiro atoms. The molecule has 0 atom stereocenters. The van der Waals surface area contributed by atoms with Gasteiger partial charge in [-0.15, -0.1) is 5.10 Å². The Hall–Kier alpha value is -1.51. The van der Waals surface area contributed by atoms with Crippen molar-refractivity contribution in [2.75, 3.05) is 59.0 Å². The number of aromatic nitrogens is 3. The molecule has 1 amide bonds. The number of hydrogen-bond donors (Lipinski definition) is 1. The van der Waals surface area contributed by atoms with Gasteiger partial charge < -0.3 is 15.0 Å². The molecular weight excluding hydrogens is 320 g/mol. The highest BCUT2D eigenvalue weighted by Crippen LogP contribution is 2.21. The molecule has 140 valence electrons. The van der Waals surface area contributed by atoms with Crippen LogP contribution in [0.25, 0.3) is 0 Å². The molecule has 0 saturated carbocycles. The standard InChI is InChI=1S/C17H30N6O2/c1-3-25-13-12-21-8-10-22(11-9-21)17(24)16-14(2)23(20-19-16)15-4-6-18-7-5-15/h15,18H,3-13H2,1-2H3. The molecule has 3 rings (SSSR count). The number of hydrogen-bond acceptors (Lipinski definition) is 6. The van der Waals surface area contributed by atoms with Gasteiger partial charge in [0.15, 0.2) is 5.69 Å². The van der Waals surface area contributed by atoms with E-state index in [4.69, 9.17) is 4.74 Å². The first-order valence-electron chi connectivity index (χ1n) is 9.42. The average molecular weight is 350 g/mol. The molecule has 0 aliphatic carbocycles. The monoisotopic (exact) mass is 350 g/mol. The third-order valence-corrected chi connectivity index (χ3v) is 5.20. The van der Waals surface area contributed by atoms with Gasteiger partial charge in [0.1, 0.15) is 0 Å². The summed E-state index contributed by atoms with van der Waals surface area (Å²) in [5.74, 6) is 0.0159. The highest BCUT2D eigenvalue weighted by atomic mass is 16.5. The van der Waals surface area contributed by atoms with E-state index in [9.17, 15) is 4.79 Å². The highest BCUT2D eigenvalue weighted by molar-refractivity contribution is 5.93. The first-order chi connectivity index (χ1) is 12.2. The summed E-state index contributed by atoms with van der Waals surface area (Å²) < 4.78 is 7.36. The third kappa shape index (κ3) is 4.37. The first kappa shape index (κ1) is 18.3. The second kappa shape index (κ2) is 8.73. The minimum atomic E-state index is 0.0159. The Balaban J connectivity index is 1.56. The van der Waals surface area contributed by atoms with Crippen molar-refractivity contribution in [3.8, 4) is 0 Å². The number of carbonyl (C=O) groups is 1. The van der Waals surface area contributed by atoms with Crippen molar-refractivity contribution in [1.82, 2.24) is 30.1 Å². The Morgan fingerprint density at radius 1 is 1.24 bits per heavy atom. The minimum absolute atomic E-state index is 0.0159. The maximum atomic E-state index is 12.8. The van der Waals surface area contributed by atoms with E-state index >= 15 is 0 Å². The van der Waals surface area contributed by atoms with E-state index in [1.807, 2.05) is 23.4 Å². The Bertz CT molecular complexity index is 561. The molecule has 0 aromatic carbocycles. The Morgan fingerprint density at radius 3 is 2.64 bits per heavy atom. The smallest absolute Gasteiger partial charge is 0.276 e. The van der Waals surface area contributed by atoms with Crippen molar-refractivity contribution in [1.29, 1.82) is 0 Å². The number of nitrogens with zero attached hydrogens (tertiary/aromatic N) is 5. The van der Waals surface area contributed by atoms with E-state index in [0.717, 1.165) is 77.6 Å². The van der Waals surface area contributed by atoms with Gasteiger partial charge in [0.25, 0.3) is 5.91 Å². The fraction of sp³-hybridized carbons (Fsp3) is 0.824. The van der Waals surface area contributed by atoms with Crippen LogP contribution in [-0.2, 0) is 4.74 Å². The van der Waals surface area contributed by atoms with E-state index < -0.39 is 0 Å². The fourth-order valence-corrected chi connectivity index (χ4v) is 3.60. The maximum Gasteiger partial charge on any atom is 0.276 e. The number of carbonyl (C=O) groups excluding carboxylic acids is 1. The van der Waals surface area contributed by atoms with Crippen molar-refractivity contribution in [3.63, 3.8) is 0 Å². The Morgan fingerprint density at radius 2 is 1.96 bits per heavy atom. The van der Waals surface area contributed by atoms with Gasteiger partial charge in [-0.05, 0) is 39.8 Å². The molecule has 2 aliphatic rings. The molecule has 0 unspecified atom stereocenters. The summed E-state index contributed by atoms with van der Waals surface area (Å²) >= 11 is 0. The van der Waals surface area contributed by atoms with Crippen LogP contribution in [0.15, 0.2) is 0 Å². The topological polar surface area (TPSA) is 75.5 Å². The van der Waals surface area contributed by atoms with Crippen LogP contribution >= 0.6 is 0 Å². The van der Waals surface area contributed by atoms with Gasteiger partial charge in [0.2, 0.25) is 0 Å². The number of piperidine rings is 1. The predicted molar refractivity (Wildman–Crippen MR) is 94.7 cm³/mol. The second-order valence-electron chi connectivity index (χ2n) is 6.78. The Labute approximate surface area is 149 Å². The van der Waals surface area contributed by atoms with Crippen molar-refractivity contribution in [2.24, 2.45) is 0 Å². The van der Waals surface area contributed by atoms with E-state index in [1.165, 1.54) is 0 Å². The maximum absolute atomic E-state index is 12.8. The van der Waals surface area contributed by atoms with Crippen LogP contribution in [0.3, 0.4) is 0 Å². The van der Waals surface area contributed by atoms with E-state index in [-0.39, 0.29) is 5.91 Å². The quantitative estimate of drug-likeness (QED) is 0.744. The van der Waals surface area contributed by atoms with Gasteiger partial charge in [-0.25, -0.2) is 4.68 Å². The minimum Gasteiger partial charge on any atom is -0.380 e. The second-order valence-corrected chi connectivity index (χ2v) is 6.78. The molecule has 1 aromatic heterocycles. The number of ether oxygens (including phenoxy) is 1. The van der Waals surface area contributed by atoms with Gasteiger partial charge >= 0.3 is 0 Å². The summed E-state index contributed by atoms with van der Waals surface area (Å²) in [7, 11) is 0. The van der Waals surface area contributed by atoms with Crippen molar-refractivity contribution in [2.45, 2.75) is 32.7 Å². The fourth-order valence-electron chi connectivity index (χ4n) is 3.60. The van der Waals surface area contributed by atoms with E-state index in [2.05, 4.69) is 20.5 Å². The normalized spacial score (nSPS) is 20.2.